The first-order valence-electron chi connectivity index (χ1n) is 6.98. The molecule has 0 radical (unpaired) electrons. The van der Waals surface area contributed by atoms with Gasteiger partial charge in [0.05, 0.1) is 6.61 Å². The van der Waals surface area contributed by atoms with E-state index in [4.69, 9.17) is 5.73 Å². The first-order chi connectivity index (χ1) is 9.37. The van der Waals surface area contributed by atoms with Gasteiger partial charge in [-0.1, -0.05) is 19.3 Å². The normalized spacial score (nSPS) is 17.9. The Labute approximate surface area is 129 Å². The lowest BCUT2D eigenvalue weighted by atomic mass is 9.72. The third kappa shape index (κ3) is 8.48. The van der Waals surface area contributed by atoms with Crippen LogP contribution in [0.3, 0.4) is 0 Å². The zero-order valence-corrected chi connectivity index (χ0v) is 12.8. The molecule has 1 aliphatic rings. The number of carbonyl (C=O) groups is 1. The summed E-state index contributed by atoms with van der Waals surface area (Å²) in [5.41, 5.74) is 5.65. The van der Waals surface area contributed by atoms with Crippen LogP contribution in [0.15, 0.2) is 0 Å². The summed E-state index contributed by atoms with van der Waals surface area (Å²) in [4.78, 5) is 11.8. The number of nitrogens with one attached hydrogen (secondary N) is 1. The summed E-state index contributed by atoms with van der Waals surface area (Å²) in [7, 11) is 0. The van der Waals surface area contributed by atoms with E-state index >= 15 is 0 Å². The van der Waals surface area contributed by atoms with E-state index in [9.17, 15) is 18.0 Å². The molecule has 0 aromatic heterocycles. The minimum absolute atomic E-state index is 0. The Bertz CT molecular complexity index is 308. The summed E-state index contributed by atoms with van der Waals surface area (Å²) in [6, 6.07) is 0. The topological polar surface area (TPSA) is 64.4 Å². The molecule has 4 nitrogen and oxygen atoms in total. The molecule has 0 saturated heterocycles. The van der Waals surface area contributed by atoms with E-state index < -0.39 is 12.8 Å². The Morgan fingerprint density at radius 1 is 1.24 bits per heavy atom. The molecule has 0 atom stereocenters. The zero-order valence-electron chi connectivity index (χ0n) is 12.0. The van der Waals surface area contributed by atoms with Gasteiger partial charge in [-0.3, -0.25) is 4.79 Å². The maximum absolute atomic E-state index is 11.8. The fourth-order valence-electron chi connectivity index (χ4n) is 2.61. The molecule has 1 fully saturated rings. The van der Waals surface area contributed by atoms with Gasteiger partial charge in [-0.05, 0) is 24.8 Å². The van der Waals surface area contributed by atoms with Crippen LogP contribution in [0.4, 0.5) is 13.2 Å². The summed E-state index contributed by atoms with van der Waals surface area (Å²) in [6.45, 7) is -0.850. The van der Waals surface area contributed by atoms with Crippen molar-refractivity contribution in [1.82, 2.24) is 5.32 Å². The number of amides is 1. The van der Waals surface area contributed by atoms with Crippen molar-refractivity contribution >= 4 is 18.3 Å². The van der Waals surface area contributed by atoms with E-state index in [1.54, 1.807) is 0 Å². The lowest BCUT2D eigenvalue weighted by Crippen LogP contribution is -2.39. The highest BCUT2D eigenvalue weighted by Crippen LogP contribution is 2.38. The number of halogens is 4. The molecule has 0 aliphatic heterocycles. The van der Waals surface area contributed by atoms with Gasteiger partial charge in [0, 0.05) is 13.0 Å². The van der Waals surface area contributed by atoms with Crippen molar-refractivity contribution in [3.8, 4) is 0 Å². The average molecular weight is 333 g/mol. The number of carbonyl (C=O) groups excluding carboxylic acids is 1. The van der Waals surface area contributed by atoms with Crippen LogP contribution in [0.25, 0.3) is 0 Å². The first kappa shape index (κ1) is 20.5. The third-order valence-electron chi connectivity index (χ3n) is 3.72. The van der Waals surface area contributed by atoms with Crippen LogP contribution in [0.1, 0.15) is 38.5 Å². The van der Waals surface area contributed by atoms with Crippen molar-refractivity contribution in [2.24, 2.45) is 11.1 Å². The molecule has 3 N–H and O–H groups in total. The van der Waals surface area contributed by atoms with Crippen molar-refractivity contribution in [2.45, 2.75) is 44.7 Å². The predicted octanol–water partition coefficient (Wildman–Crippen LogP) is 2.40. The first-order valence-corrected chi connectivity index (χ1v) is 6.98. The van der Waals surface area contributed by atoms with E-state index in [1.165, 1.54) is 6.42 Å². The average Bonchev–Trinajstić information content (AvgIpc) is 2.38. The van der Waals surface area contributed by atoms with Gasteiger partial charge in [0.25, 0.3) is 0 Å². The minimum Gasteiger partial charge on any atom is -0.370 e. The van der Waals surface area contributed by atoms with E-state index in [0.717, 1.165) is 25.7 Å². The fourth-order valence-corrected chi connectivity index (χ4v) is 2.61. The molecular weight excluding hydrogens is 309 g/mol. The predicted molar refractivity (Wildman–Crippen MR) is 76.3 cm³/mol. The smallest absolute Gasteiger partial charge is 0.370 e. The summed E-state index contributed by atoms with van der Waals surface area (Å²) in [5, 5.41) is 2.59. The fraction of sp³-hybridized carbons (Fsp3) is 0.923. The van der Waals surface area contributed by atoms with Crippen molar-refractivity contribution in [1.29, 1.82) is 0 Å². The van der Waals surface area contributed by atoms with Crippen molar-refractivity contribution in [3.63, 3.8) is 0 Å². The van der Waals surface area contributed by atoms with Gasteiger partial charge in [-0.2, -0.15) is 13.2 Å². The van der Waals surface area contributed by atoms with Gasteiger partial charge < -0.3 is 15.8 Å². The van der Waals surface area contributed by atoms with E-state index in [1.807, 2.05) is 0 Å². The molecule has 1 amide bonds. The number of ether oxygens (including phenoxy) is 1. The highest BCUT2D eigenvalue weighted by molar-refractivity contribution is 5.85. The van der Waals surface area contributed by atoms with Crippen molar-refractivity contribution < 1.29 is 22.7 Å². The standard InChI is InChI=1S/C13H23F3N2O2.ClH/c14-13(15,16)10-20-7-6-18-11(19)8-12(9-17)4-2-1-3-5-12;/h1-10,17H2,(H,18,19);1H. The van der Waals surface area contributed by atoms with Gasteiger partial charge >= 0.3 is 6.18 Å². The van der Waals surface area contributed by atoms with Crippen LogP contribution < -0.4 is 11.1 Å². The molecule has 0 bridgehead atoms. The van der Waals surface area contributed by atoms with Crippen LogP contribution in [-0.2, 0) is 9.53 Å². The van der Waals surface area contributed by atoms with Gasteiger partial charge in [-0.15, -0.1) is 12.4 Å². The number of nitrogens with two attached hydrogens (primary N) is 1. The second-order valence-electron chi connectivity index (χ2n) is 5.46. The van der Waals surface area contributed by atoms with Gasteiger partial charge in [0.2, 0.25) is 5.91 Å². The van der Waals surface area contributed by atoms with E-state index in [2.05, 4.69) is 10.1 Å². The summed E-state index contributed by atoms with van der Waals surface area (Å²) in [6.07, 6.45) is 1.26. The van der Waals surface area contributed by atoms with Crippen molar-refractivity contribution in [3.05, 3.63) is 0 Å². The molecule has 126 valence electrons. The maximum atomic E-state index is 11.8. The SMILES string of the molecule is Cl.NCC1(CC(=O)NCCOCC(F)(F)F)CCCCC1. The number of alkyl halides is 3. The zero-order chi connectivity index (χ0) is 15.1. The molecule has 0 heterocycles. The van der Waals surface area contributed by atoms with Crippen LogP contribution >= 0.6 is 12.4 Å². The molecule has 8 heteroatoms. The van der Waals surface area contributed by atoms with Crippen molar-refractivity contribution in [2.75, 3.05) is 26.3 Å². The Balaban J connectivity index is 0.00000400. The quantitative estimate of drug-likeness (QED) is 0.704. The molecule has 0 spiro atoms. The largest absolute Gasteiger partial charge is 0.411 e. The molecule has 0 aromatic carbocycles. The number of rotatable bonds is 7. The molecule has 21 heavy (non-hydrogen) atoms. The van der Waals surface area contributed by atoms with Crippen LogP contribution in [0.2, 0.25) is 0 Å². The van der Waals surface area contributed by atoms with Crippen LogP contribution in [0.5, 0.6) is 0 Å². The van der Waals surface area contributed by atoms with Crippen LogP contribution in [0, 0.1) is 5.41 Å². The highest BCUT2D eigenvalue weighted by Gasteiger charge is 2.32. The summed E-state index contributed by atoms with van der Waals surface area (Å²) >= 11 is 0. The van der Waals surface area contributed by atoms with E-state index in [-0.39, 0.29) is 36.9 Å². The lowest BCUT2D eigenvalue weighted by Gasteiger charge is -2.35. The molecular formula is C13H24ClF3N2O2. The second-order valence-corrected chi connectivity index (χ2v) is 5.46. The molecule has 1 rings (SSSR count). The number of hydrogen-bond acceptors (Lipinski definition) is 3. The maximum Gasteiger partial charge on any atom is 0.411 e. The van der Waals surface area contributed by atoms with Gasteiger partial charge in [0.15, 0.2) is 0 Å². The minimum atomic E-state index is -4.32. The Hall–Kier alpha value is -0.530. The molecule has 0 aromatic rings. The molecule has 1 aliphatic carbocycles. The molecule has 1 saturated carbocycles. The highest BCUT2D eigenvalue weighted by atomic mass is 35.5. The lowest BCUT2D eigenvalue weighted by molar-refractivity contribution is -0.173. The summed E-state index contributed by atoms with van der Waals surface area (Å²) in [5.74, 6) is -0.159. The van der Waals surface area contributed by atoms with E-state index in [0.29, 0.717) is 13.0 Å². The second kappa shape index (κ2) is 9.48. The Morgan fingerprint density at radius 2 is 1.86 bits per heavy atom. The third-order valence-corrected chi connectivity index (χ3v) is 3.72. The summed E-state index contributed by atoms with van der Waals surface area (Å²) < 4.78 is 39.9. The van der Waals surface area contributed by atoms with Gasteiger partial charge in [-0.25, -0.2) is 0 Å². The Kier molecular flexibility index (Phi) is 9.24. The molecule has 0 unspecified atom stereocenters. The Morgan fingerprint density at radius 3 is 2.38 bits per heavy atom. The van der Waals surface area contributed by atoms with Gasteiger partial charge in [0.1, 0.15) is 6.61 Å². The van der Waals surface area contributed by atoms with Crippen LogP contribution in [-0.4, -0.2) is 38.4 Å². The number of hydrogen-bond donors (Lipinski definition) is 2. The monoisotopic (exact) mass is 332 g/mol.